The Morgan fingerprint density at radius 1 is 1.19 bits per heavy atom. The molecule has 0 radical (unpaired) electrons. The lowest BCUT2D eigenvalue weighted by molar-refractivity contribution is -0.133. The Morgan fingerprint density at radius 3 is 2.71 bits per heavy atom. The quantitative estimate of drug-likeness (QED) is 0.931. The maximum absolute atomic E-state index is 12.5. The highest BCUT2D eigenvalue weighted by molar-refractivity contribution is 5.85. The fourth-order valence-electron chi connectivity index (χ4n) is 3.43. The van der Waals surface area contributed by atoms with Crippen LogP contribution < -0.4 is 5.32 Å². The molecule has 2 heterocycles. The number of halogens is 1. The van der Waals surface area contributed by atoms with E-state index in [1.807, 2.05) is 0 Å². The molecule has 0 bridgehead atoms. The van der Waals surface area contributed by atoms with E-state index in [2.05, 4.69) is 40.5 Å². The number of likely N-dealkylation sites (tertiary alicyclic amines) is 1. The van der Waals surface area contributed by atoms with E-state index in [1.54, 1.807) is 0 Å². The van der Waals surface area contributed by atoms with Crippen molar-refractivity contribution in [1.82, 2.24) is 10.2 Å². The molecule has 3 rings (SSSR count). The van der Waals surface area contributed by atoms with Gasteiger partial charge in [0.05, 0.1) is 6.04 Å². The van der Waals surface area contributed by atoms with Gasteiger partial charge in [-0.3, -0.25) is 4.79 Å². The zero-order valence-corrected chi connectivity index (χ0v) is 13.3. The van der Waals surface area contributed by atoms with Gasteiger partial charge in [-0.05, 0) is 43.7 Å². The zero-order chi connectivity index (χ0) is 13.8. The van der Waals surface area contributed by atoms with Crippen LogP contribution in [0.25, 0.3) is 0 Å². The maximum atomic E-state index is 12.5. The molecule has 0 spiro atoms. The van der Waals surface area contributed by atoms with Crippen molar-refractivity contribution >= 4 is 18.3 Å². The highest BCUT2D eigenvalue weighted by atomic mass is 35.5. The van der Waals surface area contributed by atoms with Crippen molar-refractivity contribution < 1.29 is 4.79 Å². The molecule has 4 heteroatoms. The van der Waals surface area contributed by atoms with Gasteiger partial charge in [0.25, 0.3) is 0 Å². The number of amides is 1. The molecule has 1 N–H and O–H groups in total. The number of rotatable bonds is 3. The second-order valence-corrected chi connectivity index (χ2v) is 6.13. The third-order valence-electron chi connectivity index (χ3n) is 4.57. The highest BCUT2D eigenvalue weighted by Crippen LogP contribution is 2.22. The van der Waals surface area contributed by atoms with Gasteiger partial charge in [0, 0.05) is 13.1 Å². The number of hydrogen-bond donors (Lipinski definition) is 1. The summed E-state index contributed by atoms with van der Waals surface area (Å²) < 4.78 is 0. The summed E-state index contributed by atoms with van der Waals surface area (Å²) >= 11 is 0. The molecule has 1 amide bonds. The zero-order valence-electron chi connectivity index (χ0n) is 12.5. The Labute approximate surface area is 133 Å². The summed E-state index contributed by atoms with van der Waals surface area (Å²) in [6.07, 6.45) is 5.65. The summed E-state index contributed by atoms with van der Waals surface area (Å²) in [5.74, 6) is 0.963. The summed E-state index contributed by atoms with van der Waals surface area (Å²) in [5, 5.41) is 3.37. The first-order valence-electron chi connectivity index (χ1n) is 7.89. The van der Waals surface area contributed by atoms with Crippen LogP contribution in [0.3, 0.4) is 0 Å². The monoisotopic (exact) mass is 308 g/mol. The minimum absolute atomic E-state index is 0. The van der Waals surface area contributed by atoms with Crippen LogP contribution in [0.1, 0.15) is 31.2 Å². The maximum Gasteiger partial charge on any atom is 0.239 e. The second kappa shape index (κ2) is 7.81. The third kappa shape index (κ3) is 4.21. The molecule has 3 nitrogen and oxygen atoms in total. The molecule has 21 heavy (non-hydrogen) atoms. The summed E-state index contributed by atoms with van der Waals surface area (Å²) in [6.45, 7) is 2.87. The Balaban J connectivity index is 0.00000161. The number of benzene rings is 1. The lowest BCUT2D eigenvalue weighted by Gasteiger charge is -2.27. The van der Waals surface area contributed by atoms with Crippen LogP contribution in [0.4, 0.5) is 0 Å². The smallest absolute Gasteiger partial charge is 0.239 e. The van der Waals surface area contributed by atoms with Crippen LogP contribution in [0.2, 0.25) is 0 Å². The number of carbonyl (C=O) groups is 1. The van der Waals surface area contributed by atoms with Crippen LogP contribution in [-0.2, 0) is 11.2 Å². The molecule has 1 aromatic carbocycles. The first-order chi connectivity index (χ1) is 9.83. The van der Waals surface area contributed by atoms with Gasteiger partial charge in [0.1, 0.15) is 0 Å². The molecule has 2 aliphatic rings. The van der Waals surface area contributed by atoms with Crippen LogP contribution >= 0.6 is 12.4 Å². The van der Waals surface area contributed by atoms with Gasteiger partial charge in [0.2, 0.25) is 5.91 Å². The number of nitrogens with zero attached hydrogens (tertiary/aromatic N) is 1. The largest absolute Gasteiger partial charge is 0.341 e. The van der Waals surface area contributed by atoms with Crippen molar-refractivity contribution in [3.8, 4) is 0 Å². The van der Waals surface area contributed by atoms with Gasteiger partial charge < -0.3 is 10.2 Å². The van der Waals surface area contributed by atoms with Crippen molar-refractivity contribution in [2.45, 2.75) is 38.1 Å². The molecule has 116 valence electrons. The summed E-state index contributed by atoms with van der Waals surface area (Å²) in [4.78, 5) is 14.5. The fourth-order valence-corrected chi connectivity index (χ4v) is 3.43. The first-order valence-corrected chi connectivity index (χ1v) is 7.89. The minimum Gasteiger partial charge on any atom is -0.341 e. The van der Waals surface area contributed by atoms with E-state index >= 15 is 0 Å². The molecule has 1 aromatic rings. The summed E-state index contributed by atoms with van der Waals surface area (Å²) in [6, 6.07) is 10.7. The molecular formula is C17H25ClN2O. The molecule has 2 saturated heterocycles. The SMILES string of the molecule is Cl.O=C(C1CCCCN1)N1CCC(Cc2ccccc2)C1. The molecule has 0 aromatic heterocycles. The number of piperidine rings is 1. The van der Waals surface area contributed by atoms with E-state index < -0.39 is 0 Å². The normalized spacial score (nSPS) is 25.4. The predicted octanol–water partition coefficient (Wildman–Crippen LogP) is 2.64. The average molecular weight is 309 g/mol. The van der Waals surface area contributed by atoms with Crippen LogP contribution in [0.15, 0.2) is 30.3 Å². The van der Waals surface area contributed by atoms with Gasteiger partial charge in [0.15, 0.2) is 0 Å². The van der Waals surface area contributed by atoms with Crippen LogP contribution in [0, 0.1) is 5.92 Å². The van der Waals surface area contributed by atoms with Gasteiger partial charge >= 0.3 is 0 Å². The van der Waals surface area contributed by atoms with Crippen molar-refractivity contribution in [2.24, 2.45) is 5.92 Å². The molecule has 2 unspecified atom stereocenters. The minimum atomic E-state index is 0. The molecule has 2 atom stereocenters. The number of nitrogens with one attached hydrogen (secondary N) is 1. The Hall–Kier alpha value is -1.06. The van der Waals surface area contributed by atoms with E-state index in [-0.39, 0.29) is 18.4 Å². The number of carbonyl (C=O) groups excluding carboxylic acids is 1. The van der Waals surface area contributed by atoms with Crippen molar-refractivity contribution in [3.63, 3.8) is 0 Å². The lowest BCUT2D eigenvalue weighted by atomic mass is 9.99. The number of hydrogen-bond acceptors (Lipinski definition) is 2. The standard InChI is InChI=1S/C17H24N2O.ClH/c20-17(16-8-4-5-10-18-16)19-11-9-15(13-19)12-14-6-2-1-3-7-14;/h1-3,6-7,15-16,18H,4-5,8-13H2;1H. The second-order valence-electron chi connectivity index (χ2n) is 6.13. The molecular weight excluding hydrogens is 284 g/mol. The van der Waals surface area contributed by atoms with Gasteiger partial charge in [-0.25, -0.2) is 0 Å². The van der Waals surface area contributed by atoms with Crippen LogP contribution in [-0.4, -0.2) is 36.5 Å². The fraction of sp³-hybridized carbons (Fsp3) is 0.588. The molecule has 0 aliphatic carbocycles. The van der Waals surface area contributed by atoms with E-state index in [9.17, 15) is 4.79 Å². The average Bonchev–Trinajstić information content (AvgIpc) is 2.97. The van der Waals surface area contributed by atoms with E-state index in [0.29, 0.717) is 11.8 Å². The van der Waals surface area contributed by atoms with Crippen molar-refractivity contribution in [1.29, 1.82) is 0 Å². The van der Waals surface area contributed by atoms with Gasteiger partial charge in [-0.1, -0.05) is 36.8 Å². The summed E-state index contributed by atoms with van der Waals surface area (Å²) in [5.41, 5.74) is 1.39. The van der Waals surface area contributed by atoms with Crippen molar-refractivity contribution in [2.75, 3.05) is 19.6 Å². The Kier molecular flexibility index (Phi) is 6.07. The van der Waals surface area contributed by atoms with E-state index in [1.165, 1.54) is 18.4 Å². The van der Waals surface area contributed by atoms with E-state index in [4.69, 9.17) is 0 Å². The van der Waals surface area contributed by atoms with E-state index in [0.717, 1.165) is 38.9 Å². The molecule has 2 aliphatic heterocycles. The third-order valence-corrected chi connectivity index (χ3v) is 4.57. The first kappa shape index (κ1) is 16.3. The van der Waals surface area contributed by atoms with Gasteiger partial charge in [-0.15, -0.1) is 12.4 Å². The summed E-state index contributed by atoms with van der Waals surface area (Å²) in [7, 11) is 0. The predicted molar refractivity (Wildman–Crippen MR) is 87.7 cm³/mol. The Bertz CT molecular complexity index is 445. The Morgan fingerprint density at radius 2 is 2.00 bits per heavy atom. The lowest BCUT2D eigenvalue weighted by Crippen LogP contribution is -2.47. The highest BCUT2D eigenvalue weighted by Gasteiger charge is 2.31. The molecule has 2 fully saturated rings. The van der Waals surface area contributed by atoms with Crippen LogP contribution in [0.5, 0.6) is 0 Å². The topological polar surface area (TPSA) is 32.3 Å². The van der Waals surface area contributed by atoms with Gasteiger partial charge in [-0.2, -0.15) is 0 Å². The van der Waals surface area contributed by atoms with Crippen molar-refractivity contribution in [3.05, 3.63) is 35.9 Å². The molecule has 0 saturated carbocycles.